The molecule has 8 nitrogen and oxygen atoms in total. The molecule has 0 aliphatic carbocycles. The summed E-state index contributed by atoms with van der Waals surface area (Å²) in [6, 6.07) is 8.57. The molecular formula is C22H26FN3O5S. The summed E-state index contributed by atoms with van der Waals surface area (Å²) in [6.45, 7) is 2.47. The molecule has 0 aromatic heterocycles. The Morgan fingerprint density at radius 3 is 2.44 bits per heavy atom. The summed E-state index contributed by atoms with van der Waals surface area (Å²) in [5, 5.41) is 2.47. The lowest BCUT2D eigenvalue weighted by Crippen LogP contribution is -2.26. The van der Waals surface area contributed by atoms with Gasteiger partial charge >= 0.3 is 5.97 Å². The maximum Gasteiger partial charge on any atom is 0.340 e. The van der Waals surface area contributed by atoms with Crippen LogP contribution in [-0.2, 0) is 19.6 Å². The Morgan fingerprint density at radius 1 is 1.12 bits per heavy atom. The maximum absolute atomic E-state index is 13.7. The molecule has 2 aromatic rings. The van der Waals surface area contributed by atoms with Gasteiger partial charge in [-0.3, -0.25) is 4.79 Å². The number of halogens is 1. The predicted octanol–water partition coefficient (Wildman–Crippen LogP) is 2.78. The number of sulfonamides is 1. The topological polar surface area (TPSA) is 96.0 Å². The van der Waals surface area contributed by atoms with E-state index in [-0.39, 0.29) is 16.1 Å². The minimum Gasteiger partial charge on any atom is -0.452 e. The van der Waals surface area contributed by atoms with E-state index >= 15 is 0 Å². The molecule has 2 aromatic carbocycles. The second kappa shape index (κ2) is 9.66. The summed E-state index contributed by atoms with van der Waals surface area (Å²) in [7, 11) is -0.955. The number of amides is 1. The molecule has 0 unspecified atom stereocenters. The molecule has 0 saturated carbocycles. The van der Waals surface area contributed by atoms with Gasteiger partial charge in [-0.2, -0.15) is 0 Å². The first kappa shape index (κ1) is 23.7. The second-order valence-electron chi connectivity index (χ2n) is 7.75. The number of aryl methyl sites for hydroxylation is 1. The summed E-state index contributed by atoms with van der Waals surface area (Å²) in [6.07, 6.45) is 1.92. The van der Waals surface area contributed by atoms with E-state index in [9.17, 15) is 22.4 Å². The number of esters is 1. The van der Waals surface area contributed by atoms with E-state index in [1.54, 1.807) is 19.1 Å². The fourth-order valence-corrected chi connectivity index (χ4v) is 4.29. The third-order valence-corrected chi connectivity index (χ3v) is 7.01. The molecule has 3 rings (SSSR count). The SMILES string of the molecule is Cc1ccc(NC(=O)COC(=O)c2cc(S(=O)(=O)N(C)C)ccc2N2CCCC2)cc1F. The number of carbonyl (C=O) groups excluding carboxylic acids is 2. The molecule has 1 fully saturated rings. The number of rotatable bonds is 7. The van der Waals surface area contributed by atoms with Crippen molar-refractivity contribution in [1.82, 2.24) is 4.31 Å². The highest BCUT2D eigenvalue weighted by atomic mass is 32.2. The molecule has 1 N–H and O–H groups in total. The van der Waals surface area contributed by atoms with E-state index in [0.29, 0.717) is 11.3 Å². The van der Waals surface area contributed by atoms with Crippen LogP contribution >= 0.6 is 0 Å². The van der Waals surface area contributed by atoms with Crippen LogP contribution in [0.4, 0.5) is 15.8 Å². The number of hydrogen-bond donors (Lipinski definition) is 1. The van der Waals surface area contributed by atoms with Gasteiger partial charge in [-0.25, -0.2) is 21.9 Å². The second-order valence-corrected chi connectivity index (χ2v) is 9.90. The lowest BCUT2D eigenvalue weighted by Gasteiger charge is -2.22. The van der Waals surface area contributed by atoms with Crippen molar-refractivity contribution in [2.75, 3.05) is 44.0 Å². The van der Waals surface area contributed by atoms with Gasteiger partial charge in [0.2, 0.25) is 10.0 Å². The van der Waals surface area contributed by atoms with E-state index in [1.807, 2.05) is 4.90 Å². The number of nitrogens with zero attached hydrogens (tertiary/aromatic N) is 2. The molecule has 1 saturated heterocycles. The van der Waals surface area contributed by atoms with Crippen LogP contribution in [0.15, 0.2) is 41.3 Å². The van der Waals surface area contributed by atoms with Crippen LogP contribution in [0.1, 0.15) is 28.8 Å². The van der Waals surface area contributed by atoms with Crippen LogP contribution in [0.3, 0.4) is 0 Å². The van der Waals surface area contributed by atoms with Crippen LogP contribution in [0.5, 0.6) is 0 Å². The molecule has 32 heavy (non-hydrogen) atoms. The molecule has 0 spiro atoms. The van der Waals surface area contributed by atoms with Gasteiger partial charge in [0.25, 0.3) is 5.91 Å². The Kier molecular flexibility index (Phi) is 7.15. The molecule has 0 radical (unpaired) electrons. The molecule has 1 aliphatic rings. The third kappa shape index (κ3) is 5.25. The van der Waals surface area contributed by atoms with E-state index < -0.39 is 34.3 Å². The molecule has 1 amide bonds. The van der Waals surface area contributed by atoms with Crippen molar-refractivity contribution in [2.24, 2.45) is 0 Å². The summed E-state index contributed by atoms with van der Waals surface area (Å²) >= 11 is 0. The van der Waals surface area contributed by atoms with Crippen LogP contribution < -0.4 is 10.2 Å². The van der Waals surface area contributed by atoms with Gasteiger partial charge in [0.05, 0.1) is 16.1 Å². The largest absolute Gasteiger partial charge is 0.452 e. The van der Waals surface area contributed by atoms with Gasteiger partial charge in [0.15, 0.2) is 6.61 Å². The first-order chi connectivity index (χ1) is 15.1. The normalized spacial score (nSPS) is 14.0. The van der Waals surface area contributed by atoms with Crippen molar-refractivity contribution < 1.29 is 27.1 Å². The van der Waals surface area contributed by atoms with Crippen LogP contribution in [0.25, 0.3) is 0 Å². The van der Waals surface area contributed by atoms with Crippen molar-refractivity contribution in [2.45, 2.75) is 24.7 Å². The Balaban J connectivity index is 1.78. The number of ether oxygens (including phenoxy) is 1. The van der Waals surface area contributed by atoms with Crippen LogP contribution in [0.2, 0.25) is 0 Å². The Labute approximate surface area is 187 Å². The molecule has 10 heteroatoms. The minimum absolute atomic E-state index is 0.0445. The quantitative estimate of drug-likeness (QED) is 0.635. The van der Waals surface area contributed by atoms with Crippen LogP contribution in [-0.4, -0.2) is 58.4 Å². The smallest absolute Gasteiger partial charge is 0.340 e. The van der Waals surface area contributed by atoms with E-state index in [0.717, 1.165) is 30.2 Å². The first-order valence-corrected chi connectivity index (χ1v) is 11.6. The monoisotopic (exact) mass is 463 g/mol. The first-order valence-electron chi connectivity index (χ1n) is 10.1. The number of carbonyl (C=O) groups is 2. The van der Waals surface area contributed by atoms with Gasteiger partial charge in [-0.15, -0.1) is 0 Å². The van der Waals surface area contributed by atoms with Gasteiger partial charge in [-0.05, 0) is 55.7 Å². The van der Waals surface area contributed by atoms with E-state index in [4.69, 9.17) is 4.74 Å². The summed E-state index contributed by atoms with van der Waals surface area (Å²) < 4.78 is 44.9. The molecule has 172 valence electrons. The van der Waals surface area contributed by atoms with Gasteiger partial charge in [-0.1, -0.05) is 6.07 Å². The van der Waals surface area contributed by atoms with Crippen molar-refractivity contribution in [3.63, 3.8) is 0 Å². The summed E-state index contributed by atoms with van der Waals surface area (Å²) in [5.41, 5.74) is 1.32. The molecular weight excluding hydrogens is 437 g/mol. The number of hydrogen-bond acceptors (Lipinski definition) is 6. The van der Waals surface area contributed by atoms with E-state index in [1.165, 1.54) is 38.4 Å². The Bertz CT molecular complexity index is 1130. The summed E-state index contributed by atoms with van der Waals surface area (Å²) in [5.74, 6) is -1.91. The zero-order valence-corrected chi connectivity index (χ0v) is 19.0. The zero-order valence-electron chi connectivity index (χ0n) is 18.2. The fraction of sp³-hybridized carbons (Fsp3) is 0.364. The van der Waals surface area contributed by atoms with Crippen molar-refractivity contribution in [3.8, 4) is 0 Å². The lowest BCUT2D eigenvalue weighted by atomic mass is 10.1. The zero-order chi connectivity index (χ0) is 23.5. The van der Waals surface area contributed by atoms with Gasteiger partial charge in [0.1, 0.15) is 5.82 Å². The highest BCUT2D eigenvalue weighted by molar-refractivity contribution is 7.89. The minimum atomic E-state index is -3.76. The lowest BCUT2D eigenvalue weighted by molar-refractivity contribution is -0.119. The Morgan fingerprint density at radius 2 is 1.81 bits per heavy atom. The van der Waals surface area contributed by atoms with Crippen LogP contribution in [0, 0.1) is 12.7 Å². The highest BCUT2D eigenvalue weighted by Gasteiger charge is 2.25. The summed E-state index contributed by atoms with van der Waals surface area (Å²) in [4.78, 5) is 26.9. The average Bonchev–Trinajstić information content (AvgIpc) is 3.29. The molecule has 1 heterocycles. The Hall–Kier alpha value is -2.98. The molecule has 1 aliphatic heterocycles. The van der Waals surface area contributed by atoms with Crippen molar-refractivity contribution in [1.29, 1.82) is 0 Å². The predicted molar refractivity (Wildman–Crippen MR) is 119 cm³/mol. The van der Waals surface area contributed by atoms with Crippen molar-refractivity contribution in [3.05, 3.63) is 53.3 Å². The third-order valence-electron chi connectivity index (χ3n) is 5.20. The van der Waals surface area contributed by atoms with Crippen molar-refractivity contribution >= 4 is 33.3 Å². The van der Waals surface area contributed by atoms with Gasteiger partial charge < -0.3 is 15.0 Å². The highest BCUT2D eigenvalue weighted by Crippen LogP contribution is 2.28. The average molecular weight is 464 g/mol. The number of nitrogens with one attached hydrogen (secondary N) is 1. The molecule has 0 bridgehead atoms. The maximum atomic E-state index is 13.7. The molecule has 0 atom stereocenters. The number of anilines is 2. The van der Waals surface area contributed by atoms with Gasteiger partial charge in [0, 0.05) is 32.9 Å². The number of benzene rings is 2. The van der Waals surface area contributed by atoms with E-state index in [2.05, 4.69) is 5.32 Å². The fourth-order valence-electron chi connectivity index (χ4n) is 3.36. The standard InChI is InChI=1S/C22H26FN3O5S/c1-15-6-7-16(12-19(15)23)24-21(27)14-31-22(28)18-13-17(32(29,30)25(2)3)8-9-20(18)26-10-4-5-11-26/h6-9,12-13H,4-5,10-11,14H2,1-3H3,(H,24,27).